The van der Waals surface area contributed by atoms with Crippen molar-refractivity contribution in [2.24, 2.45) is 5.41 Å². The quantitative estimate of drug-likeness (QED) is 0.733. The highest BCUT2D eigenvalue weighted by molar-refractivity contribution is 5.90. The Balaban J connectivity index is 2.13. The number of carbonyl (C=O) groups is 2. The molecule has 5 nitrogen and oxygen atoms in total. The molecule has 3 N–H and O–H groups in total. The third-order valence-electron chi connectivity index (χ3n) is 5.10. The Hall–Kier alpha value is -1.10. The van der Waals surface area contributed by atoms with Crippen LogP contribution in [0.3, 0.4) is 0 Å². The molecule has 1 amide bonds. The molecule has 2 fully saturated rings. The second-order valence-electron chi connectivity index (χ2n) is 6.32. The average molecular weight is 282 g/mol. The first-order valence-corrected chi connectivity index (χ1v) is 7.81. The van der Waals surface area contributed by atoms with Crippen LogP contribution in [0.2, 0.25) is 0 Å². The first kappa shape index (κ1) is 15.3. The third-order valence-corrected chi connectivity index (χ3v) is 5.10. The fourth-order valence-corrected chi connectivity index (χ4v) is 3.52. The van der Waals surface area contributed by atoms with Crippen LogP contribution in [-0.4, -0.2) is 35.6 Å². The van der Waals surface area contributed by atoms with E-state index in [1.165, 1.54) is 0 Å². The van der Waals surface area contributed by atoms with Gasteiger partial charge in [-0.3, -0.25) is 4.79 Å². The predicted octanol–water partition coefficient (Wildman–Crippen LogP) is 1.67. The second-order valence-corrected chi connectivity index (χ2v) is 6.32. The minimum atomic E-state index is -1.03. The second kappa shape index (κ2) is 6.12. The van der Waals surface area contributed by atoms with E-state index in [1.807, 2.05) is 6.92 Å². The summed E-state index contributed by atoms with van der Waals surface area (Å²) in [6, 6.07) is 0. The van der Waals surface area contributed by atoms with Crippen LogP contribution < -0.4 is 10.6 Å². The molecule has 1 unspecified atom stereocenters. The number of hydrogen-bond acceptors (Lipinski definition) is 3. The van der Waals surface area contributed by atoms with Gasteiger partial charge in [0.2, 0.25) is 5.91 Å². The van der Waals surface area contributed by atoms with Crippen LogP contribution in [0.4, 0.5) is 0 Å². The van der Waals surface area contributed by atoms with Crippen molar-refractivity contribution in [3.8, 4) is 0 Å². The van der Waals surface area contributed by atoms with Gasteiger partial charge in [0.05, 0.1) is 5.41 Å². The summed E-state index contributed by atoms with van der Waals surface area (Å²) in [5, 5.41) is 15.8. The summed E-state index contributed by atoms with van der Waals surface area (Å²) in [6.45, 7) is 3.62. The van der Waals surface area contributed by atoms with E-state index in [-0.39, 0.29) is 5.91 Å². The molecule has 0 aromatic carbocycles. The van der Waals surface area contributed by atoms with Crippen molar-refractivity contribution in [2.45, 2.75) is 63.8 Å². The van der Waals surface area contributed by atoms with Crippen molar-refractivity contribution in [1.82, 2.24) is 10.6 Å². The summed E-state index contributed by atoms with van der Waals surface area (Å²) in [6.07, 6.45) is 6.50. The Kier molecular flexibility index (Phi) is 4.68. The zero-order chi connectivity index (χ0) is 14.6. The van der Waals surface area contributed by atoms with Crippen LogP contribution in [0.5, 0.6) is 0 Å². The van der Waals surface area contributed by atoms with E-state index in [4.69, 9.17) is 0 Å². The van der Waals surface area contributed by atoms with Crippen LogP contribution >= 0.6 is 0 Å². The van der Waals surface area contributed by atoms with Gasteiger partial charge < -0.3 is 15.7 Å². The molecule has 1 aliphatic carbocycles. The molecular weight excluding hydrogens is 256 g/mol. The van der Waals surface area contributed by atoms with Crippen molar-refractivity contribution in [1.29, 1.82) is 0 Å². The number of aliphatic carboxylic acids is 1. The lowest BCUT2D eigenvalue weighted by molar-refractivity contribution is -0.151. The zero-order valence-electron chi connectivity index (χ0n) is 12.3. The van der Waals surface area contributed by atoms with E-state index in [0.29, 0.717) is 19.4 Å². The van der Waals surface area contributed by atoms with Crippen molar-refractivity contribution < 1.29 is 14.7 Å². The monoisotopic (exact) mass is 282 g/mol. The molecule has 0 aromatic heterocycles. The SMILES string of the molecule is CCC1(C(=O)NC2(C(=O)O)CCCCC2)CCCNC1. The highest BCUT2D eigenvalue weighted by Crippen LogP contribution is 2.34. The van der Waals surface area contributed by atoms with Gasteiger partial charge in [-0.15, -0.1) is 0 Å². The topological polar surface area (TPSA) is 78.4 Å². The van der Waals surface area contributed by atoms with Crippen molar-refractivity contribution in [2.75, 3.05) is 13.1 Å². The van der Waals surface area contributed by atoms with Gasteiger partial charge in [-0.05, 0) is 38.6 Å². The Morgan fingerprint density at radius 2 is 1.85 bits per heavy atom. The lowest BCUT2D eigenvalue weighted by atomic mass is 9.75. The molecule has 0 bridgehead atoms. The van der Waals surface area contributed by atoms with E-state index < -0.39 is 16.9 Å². The van der Waals surface area contributed by atoms with Crippen LogP contribution in [0, 0.1) is 5.41 Å². The molecule has 2 rings (SSSR count). The standard InChI is InChI=1S/C15H26N2O3/c1-2-14(7-6-10-16-11-14)12(18)17-15(13(19)20)8-4-3-5-9-15/h16H,2-11H2,1H3,(H,17,18)(H,19,20). The molecule has 0 spiro atoms. The Labute approximate surface area is 120 Å². The lowest BCUT2D eigenvalue weighted by Crippen LogP contribution is -2.61. The molecule has 0 radical (unpaired) electrons. The summed E-state index contributed by atoms with van der Waals surface area (Å²) in [7, 11) is 0. The first-order chi connectivity index (χ1) is 9.55. The van der Waals surface area contributed by atoms with Crippen LogP contribution in [-0.2, 0) is 9.59 Å². The van der Waals surface area contributed by atoms with Gasteiger partial charge in [0.25, 0.3) is 0 Å². The molecule has 1 aliphatic heterocycles. The number of amides is 1. The van der Waals surface area contributed by atoms with Crippen LogP contribution in [0.1, 0.15) is 58.3 Å². The zero-order valence-corrected chi connectivity index (χ0v) is 12.3. The van der Waals surface area contributed by atoms with E-state index in [2.05, 4.69) is 10.6 Å². The summed E-state index contributed by atoms with van der Waals surface area (Å²) in [4.78, 5) is 24.4. The van der Waals surface area contributed by atoms with Crippen molar-refractivity contribution >= 4 is 11.9 Å². The van der Waals surface area contributed by atoms with Crippen LogP contribution in [0.25, 0.3) is 0 Å². The number of carboxylic acid groups (broad SMARTS) is 1. The van der Waals surface area contributed by atoms with E-state index in [1.54, 1.807) is 0 Å². The van der Waals surface area contributed by atoms with E-state index in [9.17, 15) is 14.7 Å². The highest BCUT2D eigenvalue weighted by Gasteiger charge is 2.46. The van der Waals surface area contributed by atoms with Gasteiger partial charge in [-0.1, -0.05) is 26.2 Å². The van der Waals surface area contributed by atoms with Gasteiger partial charge in [0, 0.05) is 6.54 Å². The molecule has 5 heteroatoms. The summed E-state index contributed by atoms with van der Waals surface area (Å²) >= 11 is 0. The first-order valence-electron chi connectivity index (χ1n) is 7.81. The van der Waals surface area contributed by atoms with Gasteiger partial charge in [-0.2, -0.15) is 0 Å². The van der Waals surface area contributed by atoms with Gasteiger partial charge in [0.1, 0.15) is 5.54 Å². The third kappa shape index (κ3) is 2.82. The number of rotatable bonds is 4. The molecule has 0 aromatic rings. The maximum absolute atomic E-state index is 12.7. The van der Waals surface area contributed by atoms with Crippen LogP contribution in [0.15, 0.2) is 0 Å². The smallest absolute Gasteiger partial charge is 0.329 e. The van der Waals surface area contributed by atoms with Gasteiger partial charge >= 0.3 is 5.97 Å². The Morgan fingerprint density at radius 3 is 2.35 bits per heavy atom. The van der Waals surface area contributed by atoms with E-state index in [0.717, 1.165) is 45.1 Å². The molecule has 2 aliphatic rings. The molecule has 1 atom stereocenters. The van der Waals surface area contributed by atoms with Crippen molar-refractivity contribution in [3.05, 3.63) is 0 Å². The average Bonchev–Trinajstić information content (AvgIpc) is 2.48. The van der Waals surface area contributed by atoms with Crippen molar-refractivity contribution in [3.63, 3.8) is 0 Å². The number of piperidine rings is 1. The number of carbonyl (C=O) groups excluding carboxylic acids is 1. The predicted molar refractivity (Wildman–Crippen MR) is 76.4 cm³/mol. The summed E-state index contributed by atoms with van der Waals surface area (Å²) < 4.78 is 0. The highest BCUT2D eigenvalue weighted by atomic mass is 16.4. The minimum Gasteiger partial charge on any atom is -0.480 e. The lowest BCUT2D eigenvalue weighted by Gasteiger charge is -2.40. The molecule has 20 heavy (non-hydrogen) atoms. The fraction of sp³-hybridized carbons (Fsp3) is 0.867. The summed E-state index contributed by atoms with van der Waals surface area (Å²) in [5.41, 5.74) is -1.47. The number of hydrogen-bond donors (Lipinski definition) is 3. The maximum Gasteiger partial charge on any atom is 0.329 e. The van der Waals surface area contributed by atoms with Gasteiger partial charge in [0.15, 0.2) is 0 Å². The molecule has 1 saturated heterocycles. The molecular formula is C15H26N2O3. The minimum absolute atomic E-state index is 0.0727. The normalized spacial score (nSPS) is 29.6. The molecule has 114 valence electrons. The largest absolute Gasteiger partial charge is 0.480 e. The van der Waals surface area contributed by atoms with Gasteiger partial charge in [-0.25, -0.2) is 4.79 Å². The Bertz CT molecular complexity index is 369. The molecule has 1 saturated carbocycles. The van der Waals surface area contributed by atoms with E-state index >= 15 is 0 Å². The molecule has 1 heterocycles. The number of carboxylic acids is 1. The maximum atomic E-state index is 12.7. The number of nitrogens with one attached hydrogen (secondary N) is 2. The fourth-order valence-electron chi connectivity index (χ4n) is 3.52. The summed E-state index contributed by atoms with van der Waals surface area (Å²) in [5.74, 6) is -0.947. The Morgan fingerprint density at radius 1 is 1.15 bits per heavy atom.